The number of rotatable bonds is 7. The highest BCUT2D eigenvalue weighted by atomic mass is 16.5. The molecule has 134 valence electrons. The number of benzene rings is 2. The molecule has 0 radical (unpaired) electrons. The number of unbranched alkanes of at least 4 members (excludes halogenated alkanes) is 1. The predicted octanol–water partition coefficient (Wildman–Crippen LogP) is 3.81. The maximum atomic E-state index is 11.5. The molecule has 2 N–H and O–H groups in total. The molecule has 1 heterocycles. The monoisotopic (exact) mass is 339 g/mol. The minimum absolute atomic E-state index is 0.156. The largest absolute Gasteiger partial charge is 0.387 e. The molecule has 2 aromatic carbocycles. The predicted molar refractivity (Wildman–Crippen MR) is 103 cm³/mol. The summed E-state index contributed by atoms with van der Waals surface area (Å²) in [6.07, 6.45) is 3.30. The van der Waals surface area contributed by atoms with Crippen LogP contribution in [0.1, 0.15) is 31.7 Å². The minimum Gasteiger partial charge on any atom is -0.387 e. The zero-order valence-corrected chi connectivity index (χ0v) is 15.1. The van der Waals surface area contributed by atoms with E-state index in [0.29, 0.717) is 19.6 Å². The highest BCUT2D eigenvalue weighted by molar-refractivity contribution is 5.67. The highest BCUT2D eigenvalue weighted by Gasteiger charge is 2.38. The SMILES string of the molecule is CCCCC(O)(Cc1ccccc1-c1ccccc1)C1CNCCO1. The molecule has 1 fully saturated rings. The molecule has 1 saturated heterocycles. The van der Waals surface area contributed by atoms with Crippen molar-refractivity contribution in [3.63, 3.8) is 0 Å². The van der Waals surface area contributed by atoms with Crippen LogP contribution in [0, 0.1) is 0 Å². The molecule has 0 aromatic heterocycles. The standard InChI is InChI=1S/C22H29NO2/c1-2-3-13-22(24,21-17-23-14-15-25-21)16-19-11-7-8-12-20(19)18-9-5-4-6-10-18/h4-12,21,23-24H,2-3,13-17H2,1H3. The molecule has 3 rings (SSSR count). The van der Waals surface area contributed by atoms with Gasteiger partial charge in [0.05, 0.1) is 18.3 Å². The van der Waals surface area contributed by atoms with E-state index in [9.17, 15) is 5.11 Å². The van der Waals surface area contributed by atoms with Crippen molar-refractivity contribution in [2.45, 2.75) is 44.3 Å². The van der Waals surface area contributed by atoms with Gasteiger partial charge in [0, 0.05) is 19.5 Å². The summed E-state index contributed by atoms with van der Waals surface area (Å²) in [6, 6.07) is 18.8. The average molecular weight is 339 g/mol. The molecule has 1 aliphatic heterocycles. The first kappa shape index (κ1) is 18.1. The first-order valence-corrected chi connectivity index (χ1v) is 9.41. The number of hydrogen-bond donors (Lipinski definition) is 2. The van der Waals surface area contributed by atoms with Gasteiger partial charge in [-0.15, -0.1) is 0 Å². The van der Waals surface area contributed by atoms with Crippen molar-refractivity contribution in [1.82, 2.24) is 5.32 Å². The van der Waals surface area contributed by atoms with Crippen LogP contribution in [0.5, 0.6) is 0 Å². The second kappa shape index (κ2) is 8.61. The number of morpholine rings is 1. The van der Waals surface area contributed by atoms with E-state index in [4.69, 9.17) is 4.74 Å². The van der Waals surface area contributed by atoms with Gasteiger partial charge in [-0.1, -0.05) is 74.4 Å². The molecule has 0 spiro atoms. The summed E-state index contributed by atoms with van der Waals surface area (Å²) < 4.78 is 5.95. The molecule has 0 bridgehead atoms. The molecule has 3 nitrogen and oxygen atoms in total. The van der Waals surface area contributed by atoms with E-state index in [0.717, 1.165) is 25.8 Å². The Bertz CT molecular complexity index is 652. The number of aliphatic hydroxyl groups is 1. The molecular weight excluding hydrogens is 310 g/mol. The summed E-state index contributed by atoms with van der Waals surface area (Å²) in [7, 11) is 0. The molecule has 0 aliphatic carbocycles. The molecule has 2 atom stereocenters. The summed E-state index contributed by atoms with van der Waals surface area (Å²) in [4.78, 5) is 0. The lowest BCUT2D eigenvalue weighted by molar-refractivity contribution is -0.123. The summed E-state index contributed by atoms with van der Waals surface area (Å²) in [6.45, 7) is 4.41. The lowest BCUT2D eigenvalue weighted by Crippen LogP contribution is -2.54. The van der Waals surface area contributed by atoms with Crippen molar-refractivity contribution in [3.05, 3.63) is 60.2 Å². The third-order valence-electron chi connectivity index (χ3n) is 5.09. The molecule has 25 heavy (non-hydrogen) atoms. The smallest absolute Gasteiger partial charge is 0.0989 e. The van der Waals surface area contributed by atoms with Gasteiger partial charge in [0.15, 0.2) is 0 Å². The second-order valence-electron chi connectivity index (χ2n) is 6.97. The molecule has 3 heteroatoms. The van der Waals surface area contributed by atoms with E-state index in [-0.39, 0.29) is 6.10 Å². The highest BCUT2D eigenvalue weighted by Crippen LogP contribution is 2.31. The molecule has 1 aliphatic rings. The Morgan fingerprint density at radius 3 is 2.60 bits per heavy atom. The van der Waals surface area contributed by atoms with Crippen LogP contribution in [0.15, 0.2) is 54.6 Å². The first-order valence-electron chi connectivity index (χ1n) is 9.41. The summed E-state index contributed by atoms with van der Waals surface area (Å²) in [5.41, 5.74) is 2.73. The van der Waals surface area contributed by atoms with E-state index < -0.39 is 5.60 Å². The van der Waals surface area contributed by atoms with E-state index in [1.807, 2.05) is 6.07 Å². The van der Waals surface area contributed by atoms with Gasteiger partial charge in [0.2, 0.25) is 0 Å². The van der Waals surface area contributed by atoms with Gasteiger partial charge in [-0.05, 0) is 23.1 Å². The fraction of sp³-hybridized carbons (Fsp3) is 0.455. The van der Waals surface area contributed by atoms with Gasteiger partial charge in [-0.2, -0.15) is 0 Å². The van der Waals surface area contributed by atoms with Gasteiger partial charge in [0.25, 0.3) is 0 Å². The second-order valence-corrected chi connectivity index (χ2v) is 6.97. The van der Waals surface area contributed by atoms with E-state index >= 15 is 0 Å². The molecule has 2 aromatic rings. The van der Waals surface area contributed by atoms with Gasteiger partial charge >= 0.3 is 0 Å². The van der Waals surface area contributed by atoms with Gasteiger partial charge in [-0.3, -0.25) is 0 Å². The minimum atomic E-state index is -0.839. The lowest BCUT2D eigenvalue weighted by atomic mass is 9.82. The average Bonchev–Trinajstić information content (AvgIpc) is 2.68. The van der Waals surface area contributed by atoms with Crippen molar-refractivity contribution in [2.24, 2.45) is 0 Å². The van der Waals surface area contributed by atoms with Crippen molar-refractivity contribution < 1.29 is 9.84 Å². The van der Waals surface area contributed by atoms with Crippen molar-refractivity contribution in [3.8, 4) is 11.1 Å². The van der Waals surface area contributed by atoms with E-state index in [2.05, 4.69) is 60.8 Å². The van der Waals surface area contributed by atoms with Gasteiger partial charge in [-0.25, -0.2) is 0 Å². The fourth-order valence-corrected chi connectivity index (χ4v) is 3.66. The Hall–Kier alpha value is -1.68. The van der Waals surface area contributed by atoms with E-state index in [1.165, 1.54) is 16.7 Å². The Balaban J connectivity index is 1.89. The van der Waals surface area contributed by atoms with Crippen LogP contribution in [-0.4, -0.2) is 36.5 Å². The van der Waals surface area contributed by atoms with Crippen LogP contribution in [0.3, 0.4) is 0 Å². The van der Waals surface area contributed by atoms with Crippen molar-refractivity contribution in [1.29, 1.82) is 0 Å². The quantitative estimate of drug-likeness (QED) is 0.806. The third kappa shape index (κ3) is 4.49. The number of hydrogen-bond acceptors (Lipinski definition) is 3. The Morgan fingerprint density at radius 1 is 1.12 bits per heavy atom. The van der Waals surface area contributed by atoms with Crippen LogP contribution >= 0.6 is 0 Å². The Kier molecular flexibility index (Phi) is 6.24. The maximum Gasteiger partial charge on any atom is 0.0989 e. The van der Waals surface area contributed by atoms with Crippen molar-refractivity contribution >= 4 is 0 Å². The Morgan fingerprint density at radius 2 is 1.88 bits per heavy atom. The number of ether oxygens (including phenoxy) is 1. The molecule has 0 amide bonds. The topological polar surface area (TPSA) is 41.5 Å². The van der Waals surface area contributed by atoms with Crippen LogP contribution in [0.2, 0.25) is 0 Å². The van der Waals surface area contributed by atoms with Crippen molar-refractivity contribution in [2.75, 3.05) is 19.7 Å². The van der Waals surface area contributed by atoms with E-state index in [1.54, 1.807) is 0 Å². The molecular formula is C22H29NO2. The summed E-state index contributed by atoms with van der Waals surface area (Å²) in [5.74, 6) is 0. The number of nitrogens with one attached hydrogen (secondary N) is 1. The molecule has 0 saturated carbocycles. The van der Waals surface area contributed by atoms with Gasteiger partial charge < -0.3 is 15.2 Å². The summed E-state index contributed by atoms with van der Waals surface area (Å²) in [5, 5.41) is 14.9. The normalized spacial score (nSPS) is 20.2. The molecule has 2 unspecified atom stereocenters. The zero-order chi connectivity index (χ0) is 17.5. The zero-order valence-electron chi connectivity index (χ0n) is 15.1. The van der Waals surface area contributed by atoms with Crippen LogP contribution in [-0.2, 0) is 11.2 Å². The lowest BCUT2D eigenvalue weighted by Gasteiger charge is -2.39. The fourth-order valence-electron chi connectivity index (χ4n) is 3.66. The Labute approximate surface area is 151 Å². The van der Waals surface area contributed by atoms with Crippen LogP contribution in [0.4, 0.5) is 0 Å². The van der Waals surface area contributed by atoms with Gasteiger partial charge in [0.1, 0.15) is 0 Å². The third-order valence-corrected chi connectivity index (χ3v) is 5.09. The first-order chi connectivity index (χ1) is 12.2. The maximum absolute atomic E-state index is 11.5. The summed E-state index contributed by atoms with van der Waals surface area (Å²) >= 11 is 0. The van der Waals surface area contributed by atoms with Crippen LogP contribution < -0.4 is 5.32 Å². The van der Waals surface area contributed by atoms with Crippen LogP contribution in [0.25, 0.3) is 11.1 Å².